The van der Waals surface area contributed by atoms with Gasteiger partial charge in [0.25, 0.3) is 0 Å². The number of amides is 1. The number of rotatable bonds is 15. The average Bonchev–Trinajstić information content (AvgIpc) is 3.16. The number of halogens is 3. The molecule has 10 atom stereocenters. The standard InChI is InChI=1S/C39H44Cl3NO13S/c1-23-31(53-24(2)44)32(54-25(3)45)33(50-20-27-15-9-5-10-16-27)35(52-23)56-34-30(46)29(21-49-19-26-13-7-4-8-14-26)55-36(57-28-17-11-6-12-18-28)39(34,48)43-37(47)51-22-38(40,41)42/h4-18,23,29-36,46,48H,19-22H2,1-3H3,(H,43,47)/t23-,29+,30+,31+,32+,33-,34-,35-,36-,39+/m0/s1. The molecule has 0 unspecified atom stereocenters. The molecule has 3 aromatic carbocycles. The van der Waals surface area contributed by atoms with E-state index in [0.717, 1.165) is 22.9 Å². The van der Waals surface area contributed by atoms with Crippen LogP contribution in [0.2, 0.25) is 0 Å². The number of carbonyl (C=O) groups excluding carboxylic acids is 3. The number of aliphatic hydroxyl groups is 2. The SMILES string of the molecule is CC(=O)O[C@H]1[C@H](OCc2ccccc2)[C@H](O[C@H]2[C@H](O)[C@@H](COCc3ccccc3)O[C@@H](Sc3ccccc3)[C@@]2(O)NC(=O)OCC(Cl)(Cl)Cl)O[C@@H](C)[C@H]1OC(C)=O. The molecule has 0 radical (unpaired) electrons. The van der Waals surface area contributed by atoms with Crippen LogP contribution in [0.4, 0.5) is 4.79 Å². The average molecular weight is 873 g/mol. The summed E-state index contributed by atoms with van der Waals surface area (Å²) in [5.74, 6) is -1.41. The molecule has 310 valence electrons. The lowest BCUT2D eigenvalue weighted by atomic mass is 9.93. The number of hydrogen-bond donors (Lipinski definition) is 3. The molecule has 0 bridgehead atoms. The van der Waals surface area contributed by atoms with Crippen molar-refractivity contribution in [1.82, 2.24) is 5.32 Å². The molecule has 3 aromatic rings. The van der Waals surface area contributed by atoms with Gasteiger partial charge in [0.15, 0.2) is 23.9 Å². The van der Waals surface area contributed by atoms with Gasteiger partial charge in [0.05, 0.1) is 25.9 Å². The van der Waals surface area contributed by atoms with Crippen LogP contribution in [-0.4, -0.2) is 105 Å². The van der Waals surface area contributed by atoms with Crippen molar-refractivity contribution in [3.05, 3.63) is 102 Å². The second-order valence-electron chi connectivity index (χ2n) is 13.2. The number of aliphatic hydroxyl groups excluding tert-OH is 1. The zero-order valence-electron chi connectivity index (χ0n) is 31.1. The molecule has 2 saturated heterocycles. The molecular formula is C39H44Cl3NO13S. The molecule has 0 saturated carbocycles. The van der Waals surface area contributed by atoms with Crippen LogP contribution in [0.5, 0.6) is 0 Å². The lowest BCUT2D eigenvalue weighted by Crippen LogP contribution is -2.74. The lowest BCUT2D eigenvalue weighted by Gasteiger charge is -2.52. The largest absolute Gasteiger partial charge is 0.456 e. The van der Waals surface area contributed by atoms with E-state index in [9.17, 15) is 24.6 Å². The van der Waals surface area contributed by atoms with Crippen LogP contribution in [0.15, 0.2) is 95.9 Å². The summed E-state index contributed by atoms with van der Waals surface area (Å²) in [6, 6.07) is 27.1. The first-order chi connectivity index (χ1) is 27.1. The molecule has 3 N–H and O–H groups in total. The van der Waals surface area contributed by atoms with E-state index in [1.807, 2.05) is 36.4 Å². The first-order valence-corrected chi connectivity index (χ1v) is 19.9. The Bertz CT molecular complexity index is 1750. The van der Waals surface area contributed by atoms with E-state index in [1.54, 1.807) is 61.5 Å². The number of alkyl carbamates (subject to hydrolysis) is 1. The van der Waals surface area contributed by atoms with Crippen LogP contribution in [0.25, 0.3) is 0 Å². The Morgan fingerprint density at radius 1 is 0.825 bits per heavy atom. The Morgan fingerprint density at radius 2 is 1.39 bits per heavy atom. The fourth-order valence-electron chi connectivity index (χ4n) is 6.19. The van der Waals surface area contributed by atoms with Gasteiger partial charge in [0.2, 0.25) is 9.52 Å². The summed E-state index contributed by atoms with van der Waals surface area (Å²) in [4.78, 5) is 38.7. The fourth-order valence-corrected chi connectivity index (χ4v) is 7.48. The maximum absolute atomic E-state index is 13.4. The first kappa shape index (κ1) is 44.9. The fraction of sp³-hybridized carbons (Fsp3) is 0.462. The number of hydrogen-bond acceptors (Lipinski definition) is 14. The smallest absolute Gasteiger partial charge is 0.409 e. The Labute approximate surface area is 349 Å². The molecular weight excluding hydrogens is 829 g/mol. The molecule has 0 aliphatic carbocycles. The number of esters is 2. The highest BCUT2D eigenvalue weighted by molar-refractivity contribution is 7.99. The second kappa shape index (κ2) is 20.7. The zero-order valence-corrected chi connectivity index (χ0v) is 34.2. The summed E-state index contributed by atoms with van der Waals surface area (Å²) in [5, 5.41) is 27.1. The highest BCUT2D eigenvalue weighted by atomic mass is 35.6. The van der Waals surface area contributed by atoms with Crippen molar-refractivity contribution in [2.75, 3.05) is 13.2 Å². The van der Waals surface area contributed by atoms with E-state index >= 15 is 0 Å². The van der Waals surface area contributed by atoms with Crippen molar-refractivity contribution in [2.24, 2.45) is 0 Å². The summed E-state index contributed by atoms with van der Waals surface area (Å²) in [6.07, 6.45) is -12.4. The second-order valence-corrected chi connectivity index (χ2v) is 16.9. The molecule has 5 rings (SSSR count). The van der Waals surface area contributed by atoms with Gasteiger partial charge in [-0.05, 0) is 30.2 Å². The summed E-state index contributed by atoms with van der Waals surface area (Å²) >= 11 is 18.5. The monoisotopic (exact) mass is 871 g/mol. The van der Waals surface area contributed by atoms with Crippen LogP contribution in [0.1, 0.15) is 31.9 Å². The van der Waals surface area contributed by atoms with Gasteiger partial charge in [-0.15, -0.1) is 0 Å². The van der Waals surface area contributed by atoms with Gasteiger partial charge in [-0.3, -0.25) is 14.9 Å². The Morgan fingerprint density at radius 3 is 1.96 bits per heavy atom. The normalized spacial score (nSPS) is 28.9. The van der Waals surface area contributed by atoms with Crippen molar-refractivity contribution >= 4 is 64.6 Å². The quantitative estimate of drug-likeness (QED) is 0.0761. The van der Waals surface area contributed by atoms with Gasteiger partial charge < -0.3 is 48.1 Å². The van der Waals surface area contributed by atoms with Crippen molar-refractivity contribution in [2.45, 2.75) is 103 Å². The molecule has 2 aliphatic rings. The van der Waals surface area contributed by atoms with Gasteiger partial charge in [0, 0.05) is 18.7 Å². The van der Waals surface area contributed by atoms with Gasteiger partial charge in [-0.1, -0.05) is 125 Å². The number of nitrogens with one attached hydrogen (secondary N) is 1. The number of alkyl halides is 3. The van der Waals surface area contributed by atoms with Crippen molar-refractivity contribution in [3.8, 4) is 0 Å². The number of ether oxygens (including phenoxy) is 8. The van der Waals surface area contributed by atoms with Crippen LogP contribution in [0, 0.1) is 0 Å². The van der Waals surface area contributed by atoms with Crippen LogP contribution in [0.3, 0.4) is 0 Å². The predicted octanol–water partition coefficient (Wildman–Crippen LogP) is 5.45. The highest BCUT2D eigenvalue weighted by Crippen LogP contribution is 2.42. The Balaban J connectivity index is 1.55. The van der Waals surface area contributed by atoms with Gasteiger partial charge >= 0.3 is 18.0 Å². The maximum Gasteiger partial charge on any atom is 0.409 e. The van der Waals surface area contributed by atoms with E-state index in [0.29, 0.717) is 4.90 Å². The maximum atomic E-state index is 13.4. The van der Waals surface area contributed by atoms with Crippen molar-refractivity contribution in [3.63, 3.8) is 0 Å². The number of carbonyl (C=O) groups is 3. The molecule has 14 nitrogen and oxygen atoms in total. The van der Waals surface area contributed by atoms with Crippen molar-refractivity contribution in [1.29, 1.82) is 0 Å². The molecule has 0 aromatic heterocycles. The molecule has 1 amide bonds. The lowest BCUT2D eigenvalue weighted by molar-refractivity contribution is -0.357. The topological polar surface area (TPSA) is 178 Å². The van der Waals surface area contributed by atoms with Gasteiger partial charge in [-0.2, -0.15) is 0 Å². The molecule has 18 heteroatoms. The predicted molar refractivity (Wildman–Crippen MR) is 208 cm³/mol. The van der Waals surface area contributed by atoms with Crippen LogP contribution < -0.4 is 5.32 Å². The zero-order chi connectivity index (χ0) is 41.2. The van der Waals surface area contributed by atoms with Gasteiger partial charge in [-0.25, -0.2) is 4.79 Å². The van der Waals surface area contributed by atoms with Crippen LogP contribution >= 0.6 is 46.6 Å². The van der Waals surface area contributed by atoms with E-state index < -0.39 is 88.6 Å². The minimum Gasteiger partial charge on any atom is -0.456 e. The first-order valence-electron chi connectivity index (χ1n) is 17.8. The summed E-state index contributed by atoms with van der Waals surface area (Å²) < 4.78 is 45.8. The summed E-state index contributed by atoms with van der Waals surface area (Å²) in [7, 11) is 0. The molecule has 2 aliphatic heterocycles. The highest BCUT2D eigenvalue weighted by Gasteiger charge is 2.61. The summed E-state index contributed by atoms with van der Waals surface area (Å²) in [5.41, 5.74) is -2.50. The van der Waals surface area contributed by atoms with E-state index in [1.165, 1.54) is 13.8 Å². The minimum absolute atomic E-state index is 0.0572. The van der Waals surface area contributed by atoms with E-state index in [-0.39, 0.29) is 19.8 Å². The number of benzene rings is 3. The van der Waals surface area contributed by atoms with E-state index in [4.69, 9.17) is 72.7 Å². The molecule has 2 heterocycles. The van der Waals surface area contributed by atoms with Crippen LogP contribution in [-0.2, 0) is 60.7 Å². The third kappa shape index (κ3) is 12.9. The third-order valence-electron chi connectivity index (χ3n) is 8.73. The molecule has 57 heavy (non-hydrogen) atoms. The Hall–Kier alpha value is -3.19. The van der Waals surface area contributed by atoms with Crippen molar-refractivity contribution < 1.29 is 62.5 Å². The van der Waals surface area contributed by atoms with Gasteiger partial charge in [0.1, 0.15) is 31.0 Å². The molecule has 2 fully saturated rings. The summed E-state index contributed by atoms with van der Waals surface area (Å²) in [6.45, 7) is 3.11. The Kier molecular flexibility index (Phi) is 16.3. The minimum atomic E-state index is -2.64. The number of thioether (sulfide) groups is 1. The molecule has 0 spiro atoms. The van der Waals surface area contributed by atoms with E-state index in [2.05, 4.69) is 5.32 Å². The third-order valence-corrected chi connectivity index (χ3v) is 10.3.